The number of hydrogen-bond donors (Lipinski definition) is 1. The summed E-state index contributed by atoms with van der Waals surface area (Å²) in [5.74, 6) is 1.18. The summed E-state index contributed by atoms with van der Waals surface area (Å²) in [5, 5.41) is 4.87. The molecule has 1 N–H and O–H groups in total. The van der Waals surface area contributed by atoms with Crippen molar-refractivity contribution in [2.45, 2.75) is 17.9 Å². The number of carbonyl (C=O) groups is 1. The smallest absolute Gasteiger partial charge is 0.264 e. The molecular formula is C29H28N2O6S. The number of carbonyl (C=O) groups excluding carboxylic acids is 1. The van der Waals surface area contributed by atoms with E-state index in [0.29, 0.717) is 17.2 Å². The van der Waals surface area contributed by atoms with Gasteiger partial charge in [0.1, 0.15) is 23.9 Å². The van der Waals surface area contributed by atoms with Crippen molar-refractivity contribution in [2.75, 3.05) is 31.1 Å². The van der Waals surface area contributed by atoms with Gasteiger partial charge in [0.2, 0.25) is 0 Å². The predicted molar refractivity (Wildman–Crippen MR) is 146 cm³/mol. The molecule has 1 aliphatic heterocycles. The molecule has 0 radical (unpaired) electrons. The highest BCUT2D eigenvalue weighted by atomic mass is 32.2. The number of aryl methyl sites for hydroxylation is 1. The van der Waals surface area contributed by atoms with Crippen molar-refractivity contribution in [3.8, 4) is 17.2 Å². The quantitative estimate of drug-likeness (QED) is 0.340. The average molecular weight is 533 g/mol. The first-order valence-corrected chi connectivity index (χ1v) is 13.6. The van der Waals surface area contributed by atoms with Crippen LogP contribution in [0.5, 0.6) is 17.2 Å². The summed E-state index contributed by atoms with van der Waals surface area (Å²) >= 11 is 0. The summed E-state index contributed by atoms with van der Waals surface area (Å²) < 4.78 is 45.5. The Bertz CT molecular complexity index is 1560. The average Bonchev–Trinajstić information content (AvgIpc) is 2.94. The van der Waals surface area contributed by atoms with E-state index in [4.69, 9.17) is 14.2 Å². The third kappa shape index (κ3) is 5.10. The second-order valence-electron chi connectivity index (χ2n) is 8.91. The van der Waals surface area contributed by atoms with Crippen molar-refractivity contribution >= 4 is 32.4 Å². The van der Waals surface area contributed by atoms with Crippen LogP contribution in [0, 0.1) is 6.92 Å². The molecule has 9 heteroatoms. The van der Waals surface area contributed by atoms with Gasteiger partial charge in [-0.2, -0.15) is 0 Å². The van der Waals surface area contributed by atoms with Gasteiger partial charge in [-0.25, -0.2) is 8.42 Å². The zero-order valence-corrected chi connectivity index (χ0v) is 21.9. The van der Waals surface area contributed by atoms with Gasteiger partial charge in [0.25, 0.3) is 15.9 Å². The summed E-state index contributed by atoms with van der Waals surface area (Å²) in [4.78, 5) is 13.2. The van der Waals surface area contributed by atoms with Gasteiger partial charge >= 0.3 is 0 Å². The van der Waals surface area contributed by atoms with Gasteiger partial charge in [0.05, 0.1) is 30.8 Å². The Morgan fingerprint density at radius 1 is 1.03 bits per heavy atom. The minimum Gasteiger partial charge on any atom is -0.497 e. The van der Waals surface area contributed by atoms with Gasteiger partial charge in [-0.3, -0.25) is 9.10 Å². The fourth-order valence-corrected chi connectivity index (χ4v) is 5.84. The standard InChI is InChI=1S/C29H28N2O6S/c1-20-10-15-27-25(18-20)31(38(33,34)23-13-11-22(35-2)12-14-23)19-28(37-27)29(32)30-16-17-36-26-9-5-7-21-6-3-4-8-24(21)26/h3-15,18,28H,16-17,19H2,1-2H3,(H,30,32). The van der Waals surface area contributed by atoms with Gasteiger partial charge in [-0.05, 0) is 60.3 Å². The van der Waals surface area contributed by atoms with E-state index in [2.05, 4.69) is 5.32 Å². The molecule has 196 valence electrons. The van der Waals surface area contributed by atoms with Crippen LogP contribution in [0.3, 0.4) is 0 Å². The maximum atomic E-state index is 13.6. The second-order valence-corrected chi connectivity index (χ2v) is 10.8. The van der Waals surface area contributed by atoms with Crippen LogP contribution >= 0.6 is 0 Å². The van der Waals surface area contributed by atoms with Gasteiger partial charge < -0.3 is 19.5 Å². The van der Waals surface area contributed by atoms with Crippen molar-refractivity contribution in [1.82, 2.24) is 5.32 Å². The number of anilines is 1. The van der Waals surface area contributed by atoms with Crippen LogP contribution in [0.25, 0.3) is 10.8 Å². The molecule has 0 saturated carbocycles. The van der Waals surface area contributed by atoms with Crippen LogP contribution in [0.4, 0.5) is 5.69 Å². The summed E-state index contributed by atoms with van der Waals surface area (Å²) in [6.45, 7) is 2.18. The highest BCUT2D eigenvalue weighted by molar-refractivity contribution is 7.92. The fourth-order valence-electron chi connectivity index (χ4n) is 4.37. The van der Waals surface area contributed by atoms with Gasteiger partial charge in [0, 0.05) is 5.39 Å². The lowest BCUT2D eigenvalue weighted by Gasteiger charge is -2.35. The number of amides is 1. The highest BCUT2D eigenvalue weighted by Gasteiger charge is 2.37. The molecule has 1 heterocycles. The lowest BCUT2D eigenvalue weighted by atomic mass is 10.1. The number of methoxy groups -OCH3 is 1. The zero-order chi connectivity index (χ0) is 26.7. The molecule has 1 unspecified atom stereocenters. The van der Waals surface area contributed by atoms with Crippen molar-refractivity contribution in [2.24, 2.45) is 0 Å². The molecule has 4 aromatic carbocycles. The van der Waals surface area contributed by atoms with E-state index in [9.17, 15) is 13.2 Å². The van der Waals surface area contributed by atoms with Crippen LogP contribution in [-0.2, 0) is 14.8 Å². The minimum atomic E-state index is -3.97. The molecule has 1 aliphatic rings. The molecule has 4 aromatic rings. The molecule has 8 nitrogen and oxygen atoms in total. The number of ether oxygens (including phenoxy) is 3. The predicted octanol–water partition coefficient (Wildman–Crippen LogP) is 4.31. The topological polar surface area (TPSA) is 94.2 Å². The molecular weight excluding hydrogens is 504 g/mol. The fraction of sp³-hybridized carbons (Fsp3) is 0.207. The van der Waals surface area contributed by atoms with Gasteiger partial charge in [0.15, 0.2) is 6.10 Å². The molecule has 5 rings (SSSR count). The number of nitrogens with zero attached hydrogens (tertiary/aromatic N) is 1. The molecule has 0 aliphatic carbocycles. The summed E-state index contributed by atoms with van der Waals surface area (Å²) in [7, 11) is -2.46. The summed E-state index contributed by atoms with van der Waals surface area (Å²) in [6.07, 6.45) is -1.03. The van der Waals surface area contributed by atoms with Crippen LogP contribution in [0.2, 0.25) is 0 Å². The Hall–Kier alpha value is -4.24. The molecule has 1 atom stereocenters. The van der Waals surface area contributed by atoms with Crippen molar-refractivity contribution < 1.29 is 27.4 Å². The Morgan fingerprint density at radius 3 is 2.58 bits per heavy atom. The third-order valence-corrected chi connectivity index (χ3v) is 8.13. The van der Waals surface area contributed by atoms with E-state index >= 15 is 0 Å². The van der Waals surface area contributed by atoms with E-state index in [1.807, 2.05) is 55.5 Å². The summed E-state index contributed by atoms with van der Waals surface area (Å²) in [6, 6.07) is 25.1. The molecule has 0 aromatic heterocycles. The lowest BCUT2D eigenvalue weighted by molar-refractivity contribution is -0.127. The number of hydrogen-bond acceptors (Lipinski definition) is 6. The number of nitrogens with one attached hydrogen (secondary N) is 1. The van der Waals surface area contributed by atoms with E-state index in [1.54, 1.807) is 24.3 Å². The molecule has 0 saturated heterocycles. The Labute approximate surface area is 221 Å². The number of sulfonamides is 1. The Kier molecular flexibility index (Phi) is 7.11. The lowest BCUT2D eigenvalue weighted by Crippen LogP contribution is -2.51. The van der Waals surface area contributed by atoms with Crippen molar-refractivity contribution in [3.05, 3.63) is 90.5 Å². The van der Waals surface area contributed by atoms with Crippen LogP contribution in [0.15, 0.2) is 89.8 Å². The Morgan fingerprint density at radius 2 is 1.79 bits per heavy atom. The van der Waals surface area contributed by atoms with Crippen LogP contribution < -0.4 is 23.8 Å². The van der Waals surface area contributed by atoms with E-state index in [0.717, 1.165) is 22.1 Å². The van der Waals surface area contributed by atoms with Gasteiger partial charge in [-0.15, -0.1) is 0 Å². The highest BCUT2D eigenvalue weighted by Crippen LogP contribution is 2.38. The number of rotatable bonds is 8. The monoisotopic (exact) mass is 532 g/mol. The molecule has 1 amide bonds. The van der Waals surface area contributed by atoms with Crippen LogP contribution in [0.1, 0.15) is 5.56 Å². The van der Waals surface area contributed by atoms with Gasteiger partial charge in [-0.1, -0.05) is 42.5 Å². The first kappa shape index (κ1) is 25.4. The number of benzene rings is 4. The van der Waals surface area contributed by atoms with Crippen molar-refractivity contribution in [3.63, 3.8) is 0 Å². The maximum absolute atomic E-state index is 13.6. The second kappa shape index (κ2) is 10.6. The molecule has 0 bridgehead atoms. The first-order valence-electron chi connectivity index (χ1n) is 12.2. The maximum Gasteiger partial charge on any atom is 0.264 e. The number of fused-ring (bicyclic) bond motifs is 2. The van der Waals surface area contributed by atoms with Crippen LogP contribution in [-0.4, -0.2) is 47.2 Å². The normalized spacial score (nSPS) is 14.9. The third-order valence-electron chi connectivity index (χ3n) is 6.33. The molecule has 0 spiro atoms. The van der Waals surface area contributed by atoms with E-state index in [1.165, 1.54) is 23.5 Å². The largest absolute Gasteiger partial charge is 0.497 e. The SMILES string of the molecule is COc1ccc(S(=O)(=O)N2CC(C(=O)NCCOc3cccc4ccccc34)Oc3ccc(C)cc32)cc1. The van der Waals surface area contributed by atoms with E-state index in [-0.39, 0.29) is 24.6 Å². The van der Waals surface area contributed by atoms with E-state index < -0.39 is 22.0 Å². The summed E-state index contributed by atoms with van der Waals surface area (Å²) in [5.41, 5.74) is 1.26. The zero-order valence-electron chi connectivity index (χ0n) is 21.1. The van der Waals surface area contributed by atoms with Crippen molar-refractivity contribution in [1.29, 1.82) is 0 Å². The molecule has 0 fully saturated rings. The Balaban J connectivity index is 1.30. The minimum absolute atomic E-state index is 0.0929. The first-order chi connectivity index (χ1) is 18.4. The molecule has 38 heavy (non-hydrogen) atoms.